The Bertz CT molecular complexity index is 1620. The number of ether oxygens (including phenoxy) is 1. The van der Waals surface area contributed by atoms with Gasteiger partial charge in [0, 0.05) is 16.3 Å². The average molecular weight is 569 g/mol. The summed E-state index contributed by atoms with van der Waals surface area (Å²) < 4.78 is 7.35. The molecule has 0 spiro atoms. The van der Waals surface area contributed by atoms with E-state index in [4.69, 9.17) is 16.3 Å². The standard InChI is InChI=1S/C32H29ClN4O2S/c1-21-12-17-27(33)19-29(21)37-30(35-36-32(37)40-20-23-8-7-11-28(18-23)39-3)22(2)34-31(38)26-15-13-25(14-16-26)24-9-5-4-6-10-24/h4-19,22H,20H2,1-3H3,(H,34,38). The van der Waals surface area contributed by atoms with E-state index in [-0.39, 0.29) is 5.91 Å². The predicted octanol–water partition coefficient (Wildman–Crippen LogP) is 7.69. The molecule has 4 aromatic carbocycles. The van der Waals surface area contributed by atoms with Gasteiger partial charge in [-0.1, -0.05) is 84.0 Å². The maximum Gasteiger partial charge on any atom is 0.251 e. The number of aryl methyl sites for hydroxylation is 1. The Hall–Kier alpha value is -4.07. The number of amides is 1. The molecule has 1 atom stereocenters. The third kappa shape index (κ3) is 6.22. The number of thioether (sulfide) groups is 1. The molecular weight excluding hydrogens is 540 g/mol. The molecule has 0 saturated carbocycles. The van der Waals surface area contributed by atoms with Crippen molar-refractivity contribution in [1.29, 1.82) is 0 Å². The number of methoxy groups -OCH3 is 1. The Morgan fingerprint density at radius 2 is 1.70 bits per heavy atom. The van der Waals surface area contributed by atoms with Crippen molar-refractivity contribution in [3.63, 3.8) is 0 Å². The van der Waals surface area contributed by atoms with Gasteiger partial charge in [0.15, 0.2) is 11.0 Å². The lowest BCUT2D eigenvalue weighted by atomic mass is 10.0. The summed E-state index contributed by atoms with van der Waals surface area (Å²) in [6.07, 6.45) is 0. The van der Waals surface area contributed by atoms with Gasteiger partial charge in [-0.2, -0.15) is 0 Å². The van der Waals surface area contributed by atoms with Crippen LogP contribution in [0.3, 0.4) is 0 Å². The third-order valence-corrected chi connectivity index (χ3v) is 7.80. The first-order chi connectivity index (χ1) is 19.4. The zero-order valence-corrected chi connectivity index (χ0v) is 24.0. The van der Waals surface area contributed by atoms with Crippen LogP contribution in [0.4, 0.5) is 0 Å². The molecular formula is C32H29ClN4O2S. The van der Waals surface area contributed by atoms with Gasteiger partial charge in [0.25, 0.3) is 5.91 Å². The molecule has 5 rings (SSSR count). The minimum absolute atomic E-state index is 0.185. The normalized spacial score (nSPS) is 11.7. The summed E-state index contributed by atoms with van der Waals surface area (Å²) >= 11 is 7.96. The summed E-state index contributed by atoms with van der Waals surface area (Å²) in [5.74, 6) is 1.91. The lowest BCUT2D eigenvalue weighted by molar-refractivity contribution is 0.0938. The molecule has 40 heavy (non-hydrogen) atoms. The van der Waals surface area contributed by atoms with E-state index in [1.807, 2.05) is 115 Å². The van der Waals surface area contributed by atoms with Gasteiger partial charge in [0.2, 0.25) is 0 Å². The predicted molar refractivity (Wildman–Crippen MR) is 161 cm³/mol. The molecule has 0 saturated heterocycles. The highest BCUT2D eigenvalue weighted by Gasteiger charge is 2.23. The molecule has 0 aliphatic carbocycles. The van der Waals surface area contributed by atoms with Gasteiger partial charge in [-0.25, -0.2) is 0 Å². The number of halogens is 1. The Morgan fingerprint density at radius 1 is 0.950 bits per heavy atom. The van der Waals surface area contributed by atoms with Crippen LogP contribution in [0.25, 0.3) is 16.8 Å². The maximum atomic E-state index is 13.2. The number of nitrogens with zero attached hydrogens (tertiary/aromatic N) is 3. The van der Waals surface area contributed by atoms with Crippen LogP contribution in [-0.4, -0.2) is 27.8 Å². The number of hydrogen-bond donors (Lipinski definition) is 1. The first-order valence-corrected chi connectivity index (χ1v) is 14.2. The number of carbonyl (C=O) groups is 1. The highest BCUT2D eigenvalue weighted by atomic mass is 35.5. The van der Waals surface area contributed by atoms with Crippen molar-refractivity contribution < 1.29 is 9.53 Å². The first kappa shape index (κ1) is 27.5. The van der Waals surface area contributed by atoms with Crippen LogP contribution in [0.5, 0.6) is 5.75 Å². The topological polar surface area (TPSA) is 69.0 Å². The van der Waals surface area contributed by atoms with Crippen LogP contribution in [0, 0.1) is 6.92 Å². The fraction of sp³-hybridized carbons (Fsp3) is 0.156. The van der Waals surface area contributed by atoms with Gasteiger partial charge in [-0.3, -0.25) is 9.36 Å². The molecule has 1 heterocycles. The highest BCUT2D eigenvalue weighted by Crippen LogP contribution is 2.31. The lowest BCUT2D eigenvalue weighted by Gasteiger charge is -2.18. The van der Waals surface area contributed by atoms with E-state index >= 15 is 0 Å². The zero-order chi connectivity index (χ0) is 28.1. The van der Waals surface area contributed by atoms with Gasteiger partial charge >= 0.3 is 0 Å². The fourth-order valence-electron chi connectivity index (χ4n) is 4.40. The van der Waals surface area contributed by atoms with Gasteiger partial charge in [0.05, 0.1) is 18.8 Å². The zero-order valence-electron chi connectivity index (χ0n) is 22.5. The molecule has 6 nitrogen and oxygen atoms in total. The number of nitrogens with one attached hydrogen (secondary N) is 1. The van der Waals surface area contributed by atoms with Crippen molar-refractivity contribution in [2.45, 2.75) is 30.8 Å². The Balaban J connectivity index is 1.40. The van der Waals surface area contributed by atoms with Crippen molar-refractivity contribution >= 4 is 29.3 Å². The number of hydrogen-bond acceptors (Lipinski definition) is 5. The Morgan fingerprint density at radius 3 is 2.45 bits per heavy atom. The van der Waals surface area contributed by atoms with Crippen LogP contribution < -0.4 is 10.1 Å². The molecule has 1 amide bonds. The second kappa shape index (κ2) is 12.4. The van der Waals surface area contributed by atoms with E-state index in [2.05, 4.69) is 15.5 Å². The third-order valence-electron chi connectivity index (χ3n) is 6.56. The minimum atomic E-state index is -0.418. The highest BCUT2D eigenvalue weighted by molar-refractivity contribution is 7.98. The van der Waals surface area contributed by atoms with E-state index in [9.17, 15) is 4.79 Å². The van der Waals surface area contributed by atoms with E-state index in [0.29, 0.717) is 27.3 Å². The summed E-state index contributed by atoms with van der Waals surface area (Å²) in [4.78, 5) is 13.2. The summed E-state index contributed by atoms with van der Waals surface area (Å²) in [6.45, 7) is 3.93. The molecule has 0 aliphatic heterocycles. The van der Waals surface area contributed by atoms with Crippen molar-refractivity contribution in [3.8, 4) is 22.6 Å². The monoisotopic (exact) mass is 568 g/mol. The molecule has 1 aromatic heterocycles. The SMILES string of the molecule is COc1cccc(CSc2nnc(C(C)NC(=O)c3ccc(-c4ccccc4)cc3)n2-c2cc(Cl)ccc2C)c1. The number of carbonyl (C=O) groups excluding carboxylic acids is 1. The summed E-state index contributed by atoms with van der Waals surface area (Å²) in [7, 11) is 1.66. The number of aromatic nitrogens is 3. The van der Waals surface area contributed by atoms with Gasteiger partial charge in [-0.05, 0) is 72.5 Å². The smallest absolute Gasteiger partial charge is 0.251 e. The van der Waals surface area contributed by atoms with E-state index < -0.39 is 6.04 Å². The summed E-state index contributed by atoms with van der Waals surface area (Å²) in [5.41, 5.74) is 5.72. The van der Waals surface area contributed by atoms with Gasteiger partial charge in [0.1, 0.15) is 5.75 Å². The van der Waals surface area contributed by atoms with Crippen molar-refractivity contribution in [3.05, 3.63) is 125 Å². The summed E-state index contributed by atoms with van der Waals surface area (Å²) in [6, 6.07) is 30.9. The number of benzene rings is 4. The second-order valence-corrected chi connectivity index (χ2v) is 10.8. The maximum absolute atomic E-state index is 13.2. The van der Waals surface area contributed by atoms with Crippen molar-refractivity contribution in [2.24, 2.45) is 0 Å². The number of rotatable bonds is 9. The molecule has 1 unspecified atom stereocenters. The van der Waals surface area contributed by atoms with Crippen LogP contribution in [0.1, 0.15) is 40.3 Å². The first-order valence-electron chi connectivity index (χ1n) is 12.9. The minimum Gasteiger partial charge on any atom is -0.497 e. The van der Waals surface area contributed by atoms with Crippen LogP contribution in [0.15, 0.2) is 102 Å². The molecule has 0 fully saturated rings. The Kier molecular flexibility index (Phi) is 8.53. The largest absolute Gasteiger partial charge is 0.497 e. The molecule has 202 valence electrons. The molecule has 0 radical (unpaired) electrons. The molecule has 0 bridgehead atoms. The molecule has 8 heteroatoms. The lowest BCUT2D eigenvalue weighted by Crippen LogP contribution is -2.28. The van der Waals surface area contributed by atoms with E-state index in [1.165, 1.54) is 0 Å². The van der Waals surface area contributed by atoms with Gasteiger partial charge < -0.3 is 10.1 Å². The fourth-order valence-corrected chi connectivity index (χ4v) is 5.47. The average Bonchev–Trinajstić information content (AvgIpc) is 3.42. The van der Waals surface area contributed by atoms with Crippen molar-refractivity contribution in [1.82, 2.24) is 20.1 Å². The second-order valence-electron chi connectivity index (χ2n) is 9.39. The Labute approximate surface area is 243 Å². The van der Waals surface area contributed by atoms with E-state index in [0.717, 1.165) is 33.7 Å². The molecule has 0 aliphatic rings. The van der Waals surface area contributed by atoms with E-state index in [1.54, 1.807) is 18.9 Å². The van der Waals surface area contributed by atoms with Gasteiger partial charge in [-0.15, -0.1) is 10.2 Å². The van der Waals surface area contributed by atoms with Crippen molar-refractivity contribution in [2.75, 3.05) is 7.11 Å². The van der Waals surface area contributed by atoms with Crippen LogP contribution in [0.2, 0.25) is 5.02 Å². The molecule has 5 aromatic rings. The van der Waals surface area contributed by atoms with Crippen LogP contribution >= 0.6 is 23.4 Å². The van der Waals surface area contributed by atoms with Crippen LogP contribution in [-0.2, 0) is 5.75 Å². The summed E-state index contributed by atoms with van der Waals surface area (Å²) in [5, 5.41) is 13.4. The molecule has 1 N–H and O–H groups in total. The quantitative estimate of drug-likeness (QED) is 0.185.